The molecule has 24 heavy (non-hydrogen) atoms. The molecule has 1 fully saturated rings. The van der Waals surface area contributed by atoms with E-state index in [1.54, 1.807) is 12.1 Å². The first-order valence-electron chi connectivity index (χ1n) is 8.16. The maximum absolute atomic E-state index is 12.2. The molecule has 0 aliphatic carbocycles. The van der Waals surface area contributed by atoms with Gasteiger partial charge in [0.2, 0.25) is 10.0 Å². The number of carbonyl (C=O) groups is 1. The van der Waals surface area contributed by atoms with E-state index in [0.29, 0.717) is 18.2 Å². The van der Waals surface area contributed by atoms with Gasteiger partial charge in [-0.2, -0.15) is 0 Å². The highest BCUT2D eigenvalue weighted by Gasteiger charge is 2.21. The summed E-state index contributed by atoms with van der Waals surface area (Å²) < 4.78 is 29.7. The van der Waals surface area contributed by atoms with Crippen LogP contribution in [-0.2, 0) is 21.4 Å². The fourth-order valence-electron chi connectivity index (χ4n) is 2.72. The fraction of sp³-hybridized carbons (Fsp3) is 0.588. The molecule has 0 radical (unpaired) electrons. The minimum atomic E-state index is -3.20. The van der Waals surface area contributed by atoms with E-state index < -0.39 is 10.0 Å². The Morgan fingerprint density at radius 2 is 2.00 bits per heavy atom. The molecule has 0 saturated carbocycles. The maximum atomic E-state index is 12.2. The van der Waals surface area contributed by atoms with Gasteiger partial charge < -0.3 is 9.64 Å². The largest absolute Gasteiger partial charge is 0.484 e. The Morgan fingerprint density at radius 3 is 2.58 bits per heavy atom. The van der Waals surface area contributed by atoms with E-state index in [4.69, 9.17) is 4.74 Å². The minimum absolute atomic E-state index is 0.0161. The zero-order chi connectivity index (χ0) is 17.7. The number of piperidine rings is 1. The minimum Gasteiger partial charge on any atom is -0.484 e. The van der Waals surface area contributed by atoms with Crippen molar-refractivity contribution in [1.82, 2.24) is 9.21 Å². The average Bonchev–Trinajstić information content (AvgIpc) is 2.53. The van der Waals surface area contributed by atoms with Gasteiger partial charge in [-0.3, -0.25) is 4.79 Å². The lowest BCUT2D eigenvalue weighted by Crippen LogP contribution is -2.41. The summed E-state index contributed by atoms with van der Waals surface area (Å²) in [5, 5.41) is 0. The highest BCUT2D eigenvalue weighted by atomic mass is 32.2. The van der Waals surface area contributed by atoms with Crippen molar-refractivity contribution in [3.05, 3.63) is 29.8 Å². The number of ether oxygens (including phenoxy) is 1. The van der Waals surface area contributed by atoms with Crippen LogP contribution in [0.25, 0.3) is 0 Å². The summed E-state index contributed by atoms with van der Waals surface area (Å²) in [7, 11) is -1.66. The molecule has 2 rings (SSSR count). The second kappa shape index (κ2) is 7.98. The molecular formula is C17H26N2O4S. The lowest BCUT2D eigenvalue weighted by Gasteiger charge is -2.30. The molecule has 1 saturated heterocycles. The summed E-state index contributed by atoms with van der Waals surface area (Å²) in [6.07, 6.45) is 3.40. The molecule has 1 heterocycles. The molecule has 1 aromatic carbocycles. The molecule has 0 bridgehead atoms. The van der Waals surface area contributed by atoms with Crippen LogP contribution in [0.5, 0.6) is 5.75 Å². The van der Waals surface area contributed by atoms with Gasteiger partial charge in [-0.05, 0) is 36.5 Å². The Hall–Kier alpha value is -1.60. The molecule has 134 valence electrons. The maximum Gasteiger partial charge on any atom is 0.260 e. The van der Waals surface area contributed by atoms with Gasteiger partial charge in [-0.1, -0.05) is 19.1 Å². The van der Waals surface area contributed by atoms with Crippen LogP contribution in [0.1, 0.15) is 25.3 Å². The second-order valence-electron chi connectivity index (χ2n) is 6.54. The van der Waals surface area contributed by atoms with E-state index in [0.717, 1.165) is 25.1 Å². The van der Waals surface area contributed by atoms with Crippen molar-refractivity contribution in [2.24, 2.45) is 5.92 Å². The van der Waals surface area contributed by atoms with Gasteiger partial charge in [0.05, 0.1) is 6.26 Å². The monoisotopic (exact) mass is 354 g/mol. The first-order chi connectivity index (χ1) is 11.3. The van der Waals surface area contributed by atoms with Crippen LogP contribution in [0.15, 0.2) is 24.3 Å². The number of likely N-dealkylation sites (tertiary alicyclic amines) is 1. The van der Waals surface area contributed by atoms with E-state index in [-0.39, 0.29) is 12.5 Å². The van der Waals surface area contributed by atoms with Crippen molar-refractivity contribution in [2.75, 3.05) is 33.0 Å². The van der Waals surface area contributed by atoms with Gasteiger partial charge in [-0.15, -0.1) is 0 Å². The van der Waals surface area contributed by atoms with Crippen LogP contribution in [0.4, 0.5) is 0 Å². The van der Waals surface area contributed by atoms with E-state index in [1.165, 1.54) is 24.0 Å². The Balaban J connectivity index is 1.84. The van der Waals surface area contributed by atoms with Gasteiger partial charge in [0.25, 0.3) is 5.91 Å². The SMILES string of the molecule is C[C@@H]1CCCN(C(=O)COc2ccc(CN(C)S(C)(=O)=O)cc2)C1. The van der Waals surface area contributed by atoms with Crippen LogP contribution < -0.4 is 4.74 Å². The third-order valence-electron chi connectivity index (χ3n) is 4.27. The first-order valence-corrected chi connectivity index (χ1v) is 10.0. The average molecular weight is 354 g/mol. The fourth-order valence-corrected chi connectivity index (χ4v) is 3.10. The summed E-state index contributed by atoms with van der Waals surface area (Å²) in [5.74, 6) is 1.18. The molecule has 0 spiro atoms. The van der Waals surface area contributed by atoms with Crippen LogP contribution in [-0.4, -0.2) is 56.5 Å². The third-order valence-corrected chi connectivity index (χ3v) is 5.53. The summed E-state index contributed by atoms with van der Waals surface area (Å²) in [6.45, 7) is 4.12. The highest BCUT2D eigenvalue weighted by molar-refractivity contribution is 7.88. The molecule has 0 N–H and O–H groups in total. The van der Waals surface area contributed by atoms with Crippen LogP contribution in [0, 0.1) is 5.92 Å². The lowest BCUT2D eigenvalue weighted by molar-refractivity contribution is -0.135. The Kier molecular flexibility index (Phi) is 6.23. The number of carbonyl (C=O) groups excluding carboxylic acids is 1. The van der Waals surface area contributed by atoms with Gasteiger partial charge in [-0.25, -0.2) is 12.7 Å². The first kappa shape index (κ1) is 18.7. The number of nitrogens with zero attached hydrogens (tertiary/aromatic N) is 2. The van der Waals surface area contributed by atoms with Gasteiger partial charge in [0.15, 0.2) is 6.61 Å². The van der Waals surface area contributed by atoms with Crippen molar-refractivity contribution in [2.45, 2.75) is 26.3 Å². The van der Waals surface area contributed by atoms with Crippen LogP contribution >= 0.6 is 0 Å². The number of benzene rings is 1. The summed E-state index contributed by atoms with van der Waals surface area (Å²) in [4.78, 5) is 14.0. The summed E-state index contributed by atoms with van der Waals surface area (Å²) >= 11 is 0. The van der Waals surface area contributed by atoms with Crippen molar-refractivity contribution in [1.29, 1.82) is 0 Å². The molecule has 1 atom stereocenters. The number of hydrogen-bond donors (Lipinski definition) is 0. The summed E-state index contributed by atoms with van der Waals surface area (Å²) in [6, 6.07) is 7.14. The molecular weight excluding hydrogens is 328 g/mol. The molecule has 1 aliphatic rings. The van der Waals surface area contributed by atoms with E-state index >= 15 is 0 Å². The normalized spacial score (nSPS) is 18.7. The molecule has 1 aromatic rings. The molecule has 0 unspecified atom stereocenters. The number of hydrogen-bond acceptors (Lipinski definition) is 4. The van der Waals surface area contributed by atoms with Crippen LogP contribution in [0.3, 0.4) is 0 Å². The Bertz CT molecular complexity index is 658. The Morgan fingerprint density at radius 1 is 1.33 bits per heavy atom. The Labute approximate surface area is 144 Å². The second-order valence-corrected chi connectivity index (χ2v) is 8.63. The van der Waals surface area contributed by atoms with Crippen molar-refractivity contribution < 1.29 is 17.9 Å². The topological polar surface area (TPSA) is 66.9 Å². The zero-order valence-electron chi connectivity index (χ0n) is 14.6. The predicted octanol–water partition coefficient (Wildman–Crippen LogP) is 1.72. The van der Waals surface area contributed by atoms with Crippen molar-refractivity contribution >= 4 is 15.9 Å². The smallest absolute Gasteiger partial charge is 0.260 e. The summed E-state index contributed by atoms with van der Waals surface area (Å²) in [5.41, 5.74) is 0.867. The highest BCUT2D eigenvalue weighted by Crippen LogP contribution is 2.17. The van der Waals surface area contributed by atoms with Crippen LogP contribution in [0.2, 0.25) is 0 Å². The number of sulfonamides is 1. The van der Waals surface area contributed by atoms with Crippen molar-refractivity contribution in [3.63, 3.8) is 0 Å². The van der Waals surface area contributed by atoms with E-state index in [1.807, 2.05) is 17.0 Å². The zero-order valence-corrected chi connectivity index (χ0v) is 15.4. The molecule has 1 amide bonds. The molecule has 7 heteroatoms. The number of rotatable bonds is 6. The lowest BCUT2D eigenvalue weighted by atomic mass is 10.0. The van der Waals surface area contributed by atoms with E-state index in [9.17, 15) is 13.2 Å². The standard InChI is InChI=1S/C17H26N2O4S/c1-14-5-4-10-19(11-14)17(20)13-23-16-8-6-15(7-9-16)12-18(2)24(3,21)22/h6-9,14H,4-5,10-13H2,1-3H3/t14-/m1/s1. The third kappa shape index (κ3) is 5.49. The molecule has 6 nitrogen and oxygen atoms in total. The quantitative estimate of drug-likeness (QED) is 0.780. The van der Waals surface area contributed by atoms with E-state index in [2.05, 4.69) is 6.92 Å². The molecule has 1 aliphatic heterocycles. The van der Waals surface area contributed by atoms with Gasteiger partial charge in [0, 0.05) is 26.7 Å². The predicted molar refractivity (Wildman–Crippen MR) is 93.2 cm³/mol. The number of amides is 1. The molecule has 0 aromatic heterocycles. The van der Waals surface area contributed by atoms with Gasteiger partial charge in [0.1, 0.15) is 5.75 Å². The van der Waals surface area contributed by atoms with Gasteiger partial charge >= 0.3 is 0 Å². The van der Waals surface area contributed by atoms with Crippen molar-refractivity contribution in [3.8, 4) is 5.75 Å².